The fourth-order valence-electron chi connectivity index (χ4n) is 0.761. The van der Waals surface area contributed by atoms with Crippen LogP contribution in [-0.4, -0.2) is 63.1 Å². The molecule has 1 N–H and O–H groups in total. The zero-order valence-electron chi connectivity index (χ0n) is 9.73. The van der Waals surface area contributed by atoms with Crippen LogP contribution in [0.3, 0.4) is 0 Å². The van der Waals surface area contributed by atoms with E-state index in [9.17, 15) is 4.79 Å². The van der Waals surface area contributed by atoms with Gasteiger partial charge in [0.25, 0.3) is 5.97 Å². The third kappa shape index (κ3) is 13.3. The second kappa shape index (κ2) is 7.62. The summed E-state index contributed by atoms with van der Waals surface area (Å²) >= 11 is 0. The van der Waals surface area contributed by atoms with Crippen LogP contribution in [-0.2, 0) is 14.3 Å². The van der Waals surface area contributed by atoms with E-state index >= 15 is 0 Å². The molecule has 5 heteroatoms. The van der Waals surface area contributed by atoms with E-state index in [-0.39, 0.29) is 6.42 Å². The predicted molar refractivity (Wildman–Crippen MR) is 56.2 cm³/mol. The van der Waals surface area contributed by atoms with Gasteiger partial charge in [-0.15, -0.1) is 0 Å². The zero-order chi connectivity index (χ0) is 11.7. The second-order valence-corrected chi connectivity index (χ2v) is 4.26. The molecule has 0 amide bonds. The van der Waals surface area contributed by atoms with Gasteiger partial charge >= 0.3 is 0 Å². The molecule has 0 aromatic rings. The third-order valence-corrected chi connectivity index (χ3v) is 1.63. The van der Waals surface area contributed by atoms with Gasteiger partial charge in [-0.2, -0.15) is 0 Å². The Hall–Kier alpha value is -0.650. The minimum atomic E-state index is -0.888. The van der Waals surface area contributed by atoms with E-state index in [0.717, 1.165) is 11.0 Å². The van der Waals surface area contributed by atoms with Crippen molar-refractivity contribution in [1.82, 2.24) is 0 Å². The van der Waals surface area contributed by atoms with Gasteiger partial charge in [0.2, 0.25) is 0 Å². The van der Waals surface area contributed by atoms with Gasteiger partial charge in [-0.1, -0.05) is 6.42 Å². The fraction of sp³-hybridized carbons (Fsp3) is 0.800. The third-order valence-electron chi connectivity index (χ3n) is 1.63. The summed E-state index contributed by atoms with van der Waals surface area (Å²) in [4.78, 5) is 10.1. The molecule has 0 aliphatic carbocycles. The number of hydrogen-bond acceptors (Lipinski definition) is 3. The van der Waals surface area contributed by atoms with Crippen molar-refractivity contribution in [3.05, 3.63) is 6.61 Å². The molecule has 0 atom stereocenters. The number of carboxylic acids is 1. The Kier molecular flexibility index (Phi) is 7.29. The lowest BCUT2D eigenvalue weighted by Gasteiger charge is -2.23. The Balaban J connectivity index is 3.09. The molecule has 0 aliphatic heterocycles. The predicted octanol–water partition coefficient (Wildman–Crippen LogP) is 0.362. The summed E-state index contributed by atoms with van der Waals surface area (Å²) in [6.07, 6.45) is -0.0706. The van der Waals surface area contributed by atoms with E-state index < -0.39 is 5.97 Å². The molecule has 0 radical (unpaired) electrons. The van der Waals surface area contributed by atoms with Gasteiger partial charge in [0.1, 0.15) is 6.54 Å². The number of carbonyl (C=O) groups is 1. The van der Waals surface area contributed by atoms with E-state index in [4.69, 9.17) is 14.6 Å². The smallest absolute Gasteiger partial charge is 0.275 e. The van der Waals surface area contributed by atoms with Crippen LogP contribution in [0.5, 0.6) is 0 Å². The largest absolute Gasteiger partial charge is 0.550 e. The first-order valence-corrected chi connectivity index (χ1v) is 4.95. The van der Waals surface area contributed by atoms with Crippen LogP contribution in [0.2, 0.25) is 0 Å². The standard InChI is InChI=1S/C10H21NO4/c1-11(2,3)5-7-15-9-8-14-6-4-10(12)13/h6H,4-5,7-9H2,1-3H3,(H,12,13). The average molecular weight is 219 g/mol. The number of aliphatic carboxylic acids is 1. The molecule has 0 bridgehead atoms. The van der Waals surface area contributed by atoms with Gasteiger partial charge in [-0.05, 0) is 0 Å². The summed E-state index contributed by atoms with van der Waals surface area (Å²) in [5, 5.41) is 8.30. The Morgan fingerprint density at radius 1 is 1.27 bits per heavy atom. The molecule has 90 valence electrons. The van der Waals surface area contributed by atoms with E-state index in [0.29, 0.717) is 19.8 Å². The van der Waals surface area contributed by atoms with Crippen LogP contribution < -0.4 is 0 Å². The lowest BCUT2D eigenvalue weighted by Crippen LogP contribution is -2.37. The molecule has 0 rings (SSSR count). The van der Waals surface area contributed by atoms with Crippen molar-refractivity contribution in [3.63, 3.8) is 0 Å². The molecule has 0 fully saturated rings. The van der Waals surface area contributed by atoms with Crippen LogP contribution >= 0.6 is 0 Å². The molecular weight excluding hydrogens is 198 g/mol. The van der Waals surface area contributed by atoms with Gasteiger partial charge in [0.05, 0.1) is 34.4 Å². The number of ether oxygens (including phenoxy) is 2. The number of hydrogen-bond donors (Lipinski definition) is 1. The SMILES string of the molecule is C[N+](C)(C)CCOCCO[CH-]CC(=O)O. The topological polar surface area (TPSA) is 55.8 Å². The Morgan fingerprint density at radius 3 is 2.47 bits per heavy atom. The summed E-state index contributed by atoms with van der Waals surface area (Å²) in [7, 11) is 6.29. The first kappa shape index (κ1) is 14.3. The maximum absolute atomic E-state index is 10.1. The first-order valence-electron chi connectivity index (χ1n) is 4.95. The summed E-state index contributed by atoms with van der Waals surface area (Å²) in [5.74, 6) is -0.888. The molecular formula is C10H21NO4. The minimum Gasteiger partial charge on any atom is -0.550 e. The summed E-state index contributed by atoms with van der Waals surface area (Å²) in [6, 6.07) is 0. The van der Waals surface area contributed by atoms with Crippen molar-refractivity contribution in [3.8, 4) is 0 Å². The van der Waals surface area contributed by atoms with Crippen molar-refractivity contribution in [2.45, 2.75) is 6.42 Å². The maximum atomic E-state index is 10.1. The number of likely N-dealkylation sites (N-methyl/N-ethyl adjacent to an activating group) is 1. The first-order chi connectivity index (χ1) is 6.92. The fourth-order valence-corrected chi connectivity index (χ4v) is 0.761. The highest BCUT2D eigenvalue weighted by molar-refractivity contribution is 5.67. The van der Waals surface area contributed by atoms with Crippen LogP contribution in [0.15, 0.2) is 0 Å². The van der Waals surface area contributed by atoms with Crippen LogP contribution in [0.4, 0.5) is 0 Å². The van der Waals surface area contributed by atoms with Crippen LogP contribution in [0.25, 0.3) is 0 Å². The monoisotopic (exact) mass is 219 g/mol. The molecule has 0 heterocycles. The minimum absolute atomic E-state index is 0.0706. The normalized spacial score (nSPS) is 11.7. The van der Waals surface area contributed by atoms with Crippen molar-refractivity contribution >= 4 is 5.97 Å². The second-order valence-electron chi connectivity index (χ2n) is 4.26. The number of nitrogens with zero attached hydrogens (tertiary/aromatic N) is 1. The molecule has 0 saturated carbocycles. The van der Waals surface area contributed by atoms with E-state index in [1.165, 1.54) is 6.61 Å². The quantitative estimate of drug-likeness (QED) is 0.346. The van der Waals surface area contributed by atoms with Crippen molar-refractivity contribution in [1.29, 1.82) is 0 Å². The summed E-state index contributed by atoms with van der Waals surface area (Å²) < 4.78 is 11.1. The maximum Gasteiger partial charge on any atom is 0.275 e. The zero-order valence-corrected chi connectivity index (χ0v) is 9.73. The summed E-state index contributed by atoms with van der Waals surface area (Å²) in [5.41, 5.74) is 0. The molecule has 0 aliphatic rings. The van der Waals surface area contributed by atoms with Gasteiger partial charge in [-0.3, -0.25) is 4.79 Å². The van der Waals surface area contributed by atoms with Gasteiger partial charge < -0.3 is 19.1 Å². The highest BCUT2D eigenvalue weighted by Crippen LogP contribution is 1.91. The van der Waals surface area contributed by atoms with E-state index in [1.807, 2.05) is 0 Å². The lowest BCUT2D eigenvalue weighted by molar-refractivity contribution is -0.870. The molecule has 15 heavy (non-hydrogen) atoms. The molecule has 5 nitrogen and oxygen atoms in total. The number of rotatable bonds is 9. The van der Waals surface area contributed by atoms with Crippen LogP contribution in [0, 0.1) is 6.61 Å². The summed E-state index contributed by atoms with van der Waals surface area (Å²) in [6.45, 7) is 3.82. The molecule has 0 spiro atoms. The highest BCUT2D eigenvalue weighted by Gasteiger charge is 2.04. The lowest BCUT2D eigenvalue weighted by atomic mass is 10.5. The Labute approximate surface area is 91.2 Å². The van der Waals surface area contributed by atoms with Gasteiger partial charge in [0.15, 0.2) is 0 Å². The van der Waals surface area contributed by atoms with Gasteiger partial charge in [0, 0.05) is 6.61 Å². The molecule has 0 aromatic carbocycles. The highest BCUT2D eigenvalue weighted by atomic mass is 16.5. The number of quaternary nitrogens is 1. The van der Waals surface area contributed by atoms with Gasteiger partial charge in [-0.25, -0.2) is 6.61 Å². The molecule has 0 aromatic heterocycles. The molecule has 0 unspecified atom stereocenters. The van der Waals surface area contributed by atoms with Crippen molar-refractivity contribution in [2.75, 3.05) is 47.5 Å². The van der Waals surface area contributed by atoms with E-state index in [1.54, 1.807) is 0 Å². The molecule has 0 saturated heterocycles. The number of carboxylic acid groups (broad SMARTS) is 1. The van der Waals surface area contributed by atoms with Crippen molar-refractivity contribution in [2.24, 2.45) is 0 Å². The average Bonchev–Trinajstić information content (AvgIpc) is 2.07. The Morgan fingerprint density at radius 2 is 1.93 bits per heavy atom. The van der Waals surface area contributed by atoms with E-state index in [2.05, 4.69) is 21.1 Å². The Bertz CT molecular complexity index is 177. The van der Waals surface area contributed by atoms with Crippen molar-refractivity contribution < 1.29 is 23.9 Å². The van der Waals surface area contributed by atoms with Crippen LogP contribution in [0.1, 0.15) is 6.42 Å².